The first kappa shape index (κ1) is 20.2. The molecule has 0 spiro atoms. The smallest absolute Gasteiger partial charge is 0.220 e. The van der Waals surface area contributed by atoms with Crippen molar-refractivity contribution in [2.75, 3.05) is 31.2 Å². The van der Waals surface area contributed by atoms with Crippen LogP contribution >= 0.6 is 0 Å². The number of amides is 1. The molecule has 2 heterocycles. The highest BCUT2D eigenvalue weighted by molar-refractivity contribution is 5.76. The largest absolute Gasteiger partial charge is 0.378 e. The SMILES string of the molecule is CC(NC(=O)CCc1cnn(-c2ccccc2)c1)c1ccc(N2CCOCC2)cc1. The fourth-order valence-electron chi connectivity index (χ4n) is 3.66. The Labute approximate surface area is 177 Å². The number of hydrogen-bond donors (Lipinski definition) is 1. The Morgan fingerprint density at radius 2 is 1.80 bits per heavy atom. The molecule has 1 aliphatic heterocycles. The minimum absolute atomic E-state index is 0.0247. The van der Waals surface area contributed by atoms with Crippen LogP contribution in [0.3, 0.4) is 0 Å². The van der Waals surface area contributed by atoms with Crippen LogP contribution in [0.25, 0.3) is 5.69 Å². The average molecular weight is 405 g/mol. The van der Waals surface area contributed by atoms with Gasteiger partial charge in [0.25, 0.3) is 0 Å². The molecule has 0 aliphatic carbocycles. The van der Waals surface area contributed by atoms with Crippen LogP contribution in [0.5, 0.6) is 0 Å². The zero-order chi connectivity index (χ0) is 20.8. The number of anilines is 1. The van der Waals surface area contributed by atoms with Crippen LogP contribution in [-0.2, 0) is 16.0 Å². The number of aryl methyl sites for hydroxylation is 1. The second-order valence-corrected chi connectivity index (χ2v) is 7.61. The van der Waals surface area contributed by atoms with E-state index in [0.29, 0.717) is 12.8 Å². The van der Waals surface area contributed by atoms with E-state index in [2.05, 4.69) is 39.6 Å². The van der Waals surface area contributed by atoms with Crippen LogP contribution < -0.4 is 10.2 Å². The Morgan fingerprint density at radius 3 is 2.53 bits per heavy atom. The highest BCUT2D eigenvalue weighted by Gasteiger charge is 2.13. The number of morpholine rings is 1. The molecule has 1 aromatic heterocycles. The minimum atomic E-state index is -0.0247. The molecule has 1 fully saturated rings. The predicted octanol–water partition coefficient (Wildman–Crippen LogP) is 3.52. The summed E-state index contributed by atoms with van der Waals surface area (Å²) in [7, 11) is 0. The lowest BCUT2D eigenvalue weighted by Crippen LogP contribution is -2.36. The van der Waals surface area contributed by atoms with Gasteiger partial charge in [0.15, 0.2) is 0 Å². The summed E-state index contributed by atoms with van der Waals surface area (Å²) in [5.74, 6) is 0.0483. The van der Waals surface area contributed by atoms with Gasteiger partial charge < -0.3 is 15.0 Å². The van der Waals surface area contributed by atoms with E-state index in [1.807, 2.05) is 54.3 Å². The average Bonchev–Trinajstić information content (AvgIpc) is 3.28. The van der Waals surface area contributed by atoms with Crippen molar-refractivity contribution in [2.45, 2.75) is 25.8 Å². The molecule has 1 aliphatic rings. The van der Waals surface area contributed by atoms with Crippen LogP contribution in [-0.4, -0.2) is 42.0 Å². The van der Waals surface area contributed by atoms with E-state index in [1.165, 1.54) is 5.69 Å². The van der Waals surface area contributed by atoms with Gasteiger partial charge in [-0.05, 0) is 48.7 Å². The first-order valence-electron chi connectivity index (χ1n) is 10.5. The number of hydrogen-bond acceptors (Lipinski definition) is 4. The molecule has 0 radical (unpaired) electrons. The second-order valence-electron chi connectivity index (χ2n) is 7.61. The third kappa shape index (κ3) is 5.07. The maximum absolute atomic E-state index is 12.4. The molecule has 1 unspecified atom stereocenters. The van der Waals surface area contributed by atoms with Crippen molar-refractivity contribution >= 4 is 11.6 Å². The first-order chi connectivity index (χ1) is 14.7. The molecule has 0 bridgehead atoms. The van der Waals surface area contributed by atoms with Crippen LogP contribution in [0, 0.1) is 0 Å². The number of aromatic nitrogens is 2. The van der Waals surface area contributed by atoms with E-state index >= 15 is 0 Å². The monoisotopic (exact) mass is 404 g/mol. The summed E-state index contributed by atoms with van der Waals surface area (Å²) in [5.41, 5.74) is 4.38. The molecular weight excluding hydrogens is 376 g/mol. The summed E-state index contributed by atoms with van der Waals surface area (Å²) in [6.45, 7) is 5.42. The first-order valence-corrected chi connectivity index (χ1v) is 10.5. The highest BCUT2D eigenvalue weighted by Crippen LogP contribution is 2.20. The number of para-hydroxylation sites is 1. The Balaban J connectivity index is 1.27. The summed E-state index contributed by atoms with van der Waals surface area (Å²) < 4.78 is 7.25. The zero-order valence-corrected chi connectivity index (χ0v) is 17.3. The second kappa shape index (κ2) is 9.59. The standard InChI is InChI=1S/C24H28N4O2/c1-19(21-8-10-22(11-9-21)27-13-15-30-16-14-27)26-24(29)12-7-20-17-25-28(18-20)23-5-3-2-4-6-23/h2-6,8-11,17-19H,7,12-16H2,1H3,(H,26,29). The number of rotatable bonds is 7. The van der Waals surface area contributed by atoms with Crippen molar-refractivity contribution in [3.63, 3.8) is 0 Å². The van der Waals surface area contributed by atoms with E-state index in [0.717, 1.165) is 43.1 Å². The van der Waals surface area contributed by atoms with Crippen molar-refractivity contribution in [3.05, 3.63) is 78.1 Å². The van der Waals surface area contributed by atoms with Crippen LogP contribution in [0.2, 0.25) is 0 Å². The van der Waals surface area contributed by atoms with E-state index in [-0.39, 0.29) is 11.9 Å². The Hall–Kier alpha value is -3.12. The molecule has 1 atom stereocenters. The van der Waals surface area contributed by atoms with Gasteiger partial charge in [-0.1, -0.05) is 30.3 Å². The molecule has 1 amide bonds. The summed E-state index contributed by atoms with van der Waals surface area (Å²) in [5, 5.41) is 7.50. The van der Waals surface area contributed by atoms with Gasteiger partial charge in [0, 0.05) is 31.4 Å². The van der Waals surface area contributed by atoms with Gasteiger partial charge in [0.1, 0.15) is 0 Å². The molecule has 2 aromatic carbocycles. The number of benzene rings is 2. The number of ether oxygens (including phenoxy) is 1. The van der Waals surface area contributed by atoms with Crippen molar-refractivity contribution < 1.29 is 9.53 Å². The van der Waals surface area contributed by atoms with Crippen molar-refractivity contribution in [1.29, 1.82) is 0 Å². The van der Waals surface area contributed by atoms with E-state index in [9.17, 15) is 4.79 Å². The Morgan fingerprint density at radius 1 is 1.07 bits per heavy atom. The van der Waals surface area contributed by atoms with Crippen molar-refractivity contribution in [1.82, 2.24) is 15.1 Å². The van der Waals surface area contributed by atoms with Crippen molar-refractivity contribution in [3.8, 4) is 5.69 Å². The molecule has 3 aromatic rings. The molecule has 1 N–H and O–H groups in total. The lowest BCUT2D eigenvalue weighted by molar-refractivity contribution is -0.121. The predicted molar refractivity (Wildman–Crippen MR) is 118 cm³/mol. The third-order valence-electron chi connectivity index (χ3n) is 5.44. The Kier molecular flexibility index (Phi) is 6.44. The molecule has 1 saturated heterocycles. The van der Waals surface area contributed by atoms with Gasteiger partial charge in [0.2, 0.25) is 5.91 Å². The number of carbonyl (C=O) groups excluding carboxylic acids is 1. The summed E-state index contributed by atoms with van der Waals surface area (Å²) >= 11 is 0. The number of nitrogens with one attached hydrogen (secondary N) is 1. The summed E-state index contributed by atoms with van der Waals surface area (Å²) in [6.07, 6.45) is 4.92. The summed E-state index contributed by atoms with van der Waals surface area (Å²) in [4.78, 5) is 14.8. The maximum atomic E-state index is 12.4. The molecular formula is C24H28N4O2. The van der Waals surface area contributed by atoms with E-state index in [4.69, 9.17) is 4.74 Å². The molecule has 6 nitrogen and oxygen atoms in total. The van der Waals surface area contributed by atoms with E-state index in [1.54, 1.807) is 0 Å². The van der Waals surface area contributed by atoms with Gasteiger partial charge in [-0.15, -0.1) is 0 Å². The number of carbonyl (C=O) groups is 1. The third-order valence-corrected chi connectivity index (χ3v) is 5.44. The lowest BCUT2D eigenvalue weighted by Gasteiger charge is -2.29. The lowest BCUT2D eigenvalue weighted by atomic mass is 10.1. The van der Waals surface area contributed by atoms with Gasteiger partial charge in [-0.3, -0.25) is 4.79 Å². The maximum Gasteiger partial charge on any atom is 0.220 e. The highest BCUT2D eigenvalue weighted by atomic mass is 16.5. The normalized spacial score (nSPS) is 15.0. The molecule has 4 rings (SSSR count). The summed E-state index contributed by atoms with van der Waals surface area (Å²) in [6, 6.07) is 18.4. The van der Waals surface area contributed by atoms with Crippen LogP contribution in [0.4, 0.5) is 5.69 Å². The van der Waals surface area contributed by atoms with Crippen molar-refractivity contribution in [2.24, 2.45) is 0 Å². The van der Waals surface area contributed by atoms with E-state index < -0.39 is 0 Å². The van der Waals surface area contributed by atoms with Gasteiger partial charge in [-0.2, -0.15) is 5.10 Å². The number of nitrogens with zero attached hydrogens (tertiary/aromatic N) is 3. The molecule has 0 saturated carbocycles. The quantitative estimate of drug-likeness (QED) is 0.655. The Bertz CT molecular complexity index is 947. The van der Waals surface area contributed by atoms with Crippen LogP contribution in [0.15, 0.2) is 67.0 Å². The molecule has 6 heteroatoms. The zero-order valence-electron chi connectivity index (χ0n) is 17.3. The molecule has 156 valence electrons. The molecule has 30 heavy (non-hydrogen) atoms. The fourth-order valence-corrected chi connectivity index (χ4v) is 3.66. The van der Waals surface area contributed by atoms with Crippen LogP contribution in [0.1, 0.15) is 30.5 Å². The minimum Gasteiger partial charge on any atom is -0.378 e. The fraction of sp³-hybridized carbons (Fsp3) is 0.333. The topological polar surface area (TPSA) is 59.4 Å². The van der Waals surface area contributed by atoms with Gasteiger partial charge >= 0.3 is 0 Å². The van der Waals surface area contributed by atoms with Gasteiger partial charge in [0.05, 0.1) is 31.1 Å². The van der Waals surface area contributed by atoms with Gasteiger partial charge in [-0.25, -0.2) is 4.68 Å².